The van der Waals surface area contributed by atoms with Crippen LogP contribution < -0.4 is 38.9 Å². The number of carbonyl (C=O) groups is 2. The van der Waals surface area contributed by atoms with Gasteiger partial charge in [-0.1, -0.05) is 73.9 Å². The molecule has 2 amide bonds. The largest absolute Gasteiger partial charge is 0.476 e. The second kappa shape index (κ2) is 23.7. The van der Waals surface area contributed by atoms with E-state index in [0.29, 0.717) is 116 Å². The van der Waals surface area contributed by atoms with Gasteiger partial charge in [0.25, 0.3) is 31.9 Å². The van der Waals surface area contributed by atoms with E-state index < -0.39 is 54.3 Å². The van der Waals surface area contributed by atoms with E-state index in [2.05, 4.69) is 52.2 Å². The highest BCUT2D eigenvalue weighted by molar-refractivity contribution is 14.1. The van der Waals surface area contributed by atoms with Crippen molar-refractivity contribution in [1.82, 2.24) is 24.7 Å². The molecular weight excluding hydrogens is 1230 g/mol. The average Bonchev–Trinajstić information content (AvgIpc) is 4.55. The molecule has 4 aliphatic heterocycles. The van der Waals surface area contributed by atoms with Crippen LogP contribution in [-0.2, 0) is 29.6 Å². The van der Waals surface area contributed by atoms with Crippen LogP contribution >= 0.6 is 45.8 Å². The molecule has 4 aliphatic carbocycles. The van der Waals surface area contributed by atoms with Crippen molar-refractivity contribution in [2.75, 3.05) is 67.1 Å². The number of hydrogen-bond donors (Lipinski definition) is 5. The van der Waals surface area contributed by atoms with Gasteiger partial charge in [0.15, 0.2) is 21.3 Å². The fourth-order valence-electron chi connectivity index (χ4n) is 11.9. The van der Waals surface area contributed by atoms with E-state index in [1.807, 2.05) is 21.9 Å². The summed E-state index contributed by atoms with van der Waals surface area (Å²) in [5.41, 5.74) is -1.93. The van der Waals surface area contributed by atoms with Gasteiger partial charge in [-0.2, -0.15) is 16.8 Å². The molecule has 81 heavy (non-hydrogen) atoms. The Kier molecular flexibility index (Phi) is 17.5. The molecule has 0 bridgehead atoms. The summed E-state index contributed by atoms with van der Waals surface area (Å²) in [6, 6.07) is 19.9. The van der Waals surface area contributed by atoms with E-state index in [1.165, 1.54) is 89.4 Å². The predicted molar refractivity (Wildman–Crippen MR) is 320 cm³/mol. The zero-order valence-corrected chi connectivity index (χ0v) is 51.5. The van der Waals surface area contributed by atoms with Crippen molar-refractivity contribution < 1.29 is 46.1 Å². The molecule has 0 radical (unpaired) electrons. The fraction of sp³-hybridized carbons (Fsp3) is 0.586. The van der Waals surface area contributed by atoms with Gasteiger partial charge in [0.05, 0.1) is 20.5 Å². The molecule has 2 aromatic heterocycles. The number of amides is 2. The average molecular weight is 1310 g/mol. The number of rotatable bonds is 13. The summed E-state index contributed by atoms with van der Waals surface area (Å²) < 4.78 is 69.5. The van der Waals surface area contributed by atoms with E-state index in [4.69, 9.17) is 32.7 Å². The Labute approximate surface area is 500 Å². The van der Waals surface area contributed by atoms with Crippen molar-refractivity contribution in [1.29, 1.82) is 0 Å². The summed E-state index contributed by atoms with van der Waals surface area (Å²) in [4.78, 5) is 40.9. The van der Waals surface area contributed by atoms with E-state index in [9.17, 15) is 36.6 Å². The first kappa shape index (κ1) is 59.9. The van der Waals surface area contributed by atoms with E-state index >= 15 is 0 Å². The van der Waals surface area contributed by atoms with Crippen LogP contribution in [0.3, 0.4) is 0 Å². The van der Waals surface area contributed by atoms with Crippen LogP contribution in [0.25, 0.3) is 0 Å². The van der Waals surface area contributed by atoms with Crippen LogP contribution in [0, 0.1) is 14.4 Å². The molecule has 4 saturated carbocycles. The van der Waals surface area contributed by atoms with Gasteiger partial charge in [-0.05, 0) is 148 Å². The number of nitrogens with one attached hydrogen (secondary N) is 3. The maximum atomic E-state index is 13.3. The van der Waals surface area contributed by atoms with Crippen LogP contribution in [-0.4, -0.2) is 124 Å². The third kappa shape index (κ3) is 14.3. The van der Waals surface area contributed by atoms with Crippen molar-refractivity contribution in [3.05, 3.63) is 86.4 Å². The first-order valence-electron chi connectivity index (χ1n) is 28.5. The van der Waals surface area contributed by atoms with Gasteiger partial charge in [-0.15, -0.1) is 0 Å². The van der Waals surface area contributed by atoms with Crippen LogP contribution in [0.5, 0.6) is 11.5 Å². The van der Waals surface area contributed by atoms with Crippen LogP contribution in [0.4, 0.5) is 17.3 Å². The lowest BCUT2D eigenvalue weighted by Crippen LogP contribution is -2.57. The number of anilines is 3. The normalized spacial score (nSPS) is 22.5. The highest BCUT2D eigenvalue weighted by Crippen LogP contribution is 2.50. The molecule has 8 fully saturated rings. The Balaban J connectivity index is 0.000000160. The summed E-state index contributed by atoms with van der Waals surface area (Å²) in [6.45, 7) is 10.4. The number of pyridine rings is 2. The molecule has 18 nitrogen and oxygen atoms in total. The molecule has 6 heterocycles. The molecular formula is C58H75Cl2IN8O10S2. The summed E-state index contributed by atoms with van der Waals surface area (Å²) in [6.07, 6.45) is 17.7. The lowest BCUT2D eigenvalue weighted by molar-refractivity contribution is -0.128. The van der Waals surface area contributed by atoms with Gasteiger partial charge in [0.2, 0.25) is 0 Å². The number of piperidine rings is 2. The Hall–Kier alpha value is -4.23. The number of halogens is 3. The van der Waals surface area contributed by atoms with Gasteiger partial charge in [-0.25, -0.2) is 19.4 Å². The van der Waals surface area contributed by atoms with Gasteiger partial charge in [0, 0.05) is 99.6 Å². The van der Waals surface area contributed by atoms with Crippen molar-refractivity contribution in [2.45, 2.75) is 162 Å². The SMILES string of the molecule is C1CCC2(CC1)CNC2.CC1(O)CCN(c2cccc(S(=O)(=O)NC(=O)C3(Oc4cc(Cl)ccc4I)CC3)n2)CC1.CC1(O)CCN(c2cccc(S(=O)(=O)NC(=O)C3(Oc4cc(Cl)ccc4N4CC5(CCCCC5)C4)CC3)n2)CC1. The summed E-state index contributed by atoms with van der Waals surface area (Å²) in [5.74, 6) is 0.494. The Morgan fingerprint density at radius 1 is 0.568 bits per heavy atom. The van der Waals surface area contributed by atoms with E-state index in [0.717, 1.165) is 27.8 Å². The maximum absolute atomic E-state index is 13.3. The summed E-state index contributed by atoms with van der Waals surface area (Å²) in [7, 11) is -8.42. The molecule has 2 spiro atoms. The molecule has 2 aromatic carbocycles. The maximum Gasteiger partial charge on any atom is 0.281 e. The minimum absolute atomic E-state index is 0.228. The van der Waals surface area contributed by atoms with Gasteiger partial charge < -0.3 is 39.7 Å². The van der Waals surface area contributed by atoms with Crippen molar-refractivity contribution in [2.24, 2.45) is 10.8 Å². The molecule has 0 atom stereocenters. The molecule has 4 saturated heterocycles. The summed E-state index contributed by atoms with van der Waals surface area (Å²) in [5, 5.41) is 24.2. The van der Waals surface area contributed by atoms with E-state index in [1.54, 1.807) is 62.4 Å². The molecule has 8 aliphatic rings. The smallest absolute Gasteiger partial charge is 0.281 e. The highest BCUT2D eigenvalue weighted by atomic mass is 127. The topological polar surface area (TPSA) is 233 Å². The van der Waals surface area contributed by atoms with Crippen LogP contribution in [0.2, 0.25) is 10.0 Å². The molecule has 440 valence electrons. The first-order chi connectivity index (χ1) is 38.4. The Morgan fingerprint density at radius 2 is 0.988 bits per heavy atom. The minimum atomic E-state index is -4.23. The third-order valence-electron chi connectivity index (χ3n) is 17.6. The Bertz CT molecular complexity index is 3170. The fourth-order valence-corrected chi connectivity index (χ4v) is 14.7. The number of carbonyl (C=O) groups excluding carboxylic acids is 2. The lowest BCUT2D eigenvalue weighted by Gasteiger charge is -2.53. The quantitative estimate of drug-likeness (QED) is 0.0786. The van der Waals surface area contributed by atoms with Gasteiger partial charge >= 0.3 is 0 Å². The predicted octanol–water partition coefficient (Wildman–Crippen LogP) is 8.92. The van der Waals surface area contributed by atoms with Crippen molar-refractivity contribution in [3.63, 3.8) is 0 Å². The van der Waals surface area contributed by atoms with Gasteiger partial charge in [0.1, 0.15) is 23.1 Å². The second-order valence-electron chi connectivity index (χ2n) is 24.5. The van der Waals surface area contributed by atoms with Crippen molar-refractivity contribution in [3.8, 4) is 11.5 Å². The number of ether oxygens (including phenoxy) is 2. The number of aromatic nitrogens is 2. The molecule has 4 aromatic rings. The highest BCUT2D eigenvalue weighted by Gasteiger charge is 2.56. The third-order valence-corrected chi connectivity index (χ3v) is 21.5. The van der Waals surface area contributed by atoms with Crippen LogP contribution in [0.1, 0.15) is 129 Å². The number of nitrogens with zero attached hydrogens (tertiary/aromatic N) is 5. The first-order valence-corrected chi connectivity index (χ1v) is 33.3. The zero-order chi connectivity index (χ0) is 57.5. The van der Waals surface area contributed by atoms with E-state index in [-0.39, 0.29) is 10.1 Å². The summed E-state index contributed by atoms with van der Waals surface area (Å²) >= 11 is 14.4. The standard InChI is InChI=1S/C29H37ClN4O5S.C21H23ClIN3O5S.C8H15N/c1-27(36)14-16-33(17-15-27)24-6-5-7-25(31-24)40(37,38)32-26(35)29(12-13-29)39-23-18-21(30)8-9-22(23)34-19-28(20-34)10-3-2-4-11-28;1-20(28)9-11-26(12-10-20)17-3-2-4-18(24-17)32(29,30)25-19(27)21(7-8-21)31-16-13-14(22)5-6-15(16)23;1-2-4-8(5-3-1)6-9-7-8/h5-9,18,36H,2-4,10-17,19-20H2,1H3,(H,32,35);2-6,13,28H,7-12H2,1H3,(H,25,27);9H,1-7H2. The molecule has 5 N–H and O–H groups in total. The van der Waals surface area contributed by atoms with Gasteiger partial charge in [-0.3, -0.25) is 9.59 Å². The van der Waals surface area contributed by atoms with Crippen molar-refractivity contribution >= 4 is 95.0 Å². The zero-order valence-electron chi connectivity index (χ0n) is 46.2. The number of aliphatic hydroxyl groups is 2. The lowest BCUT2D eigenvalue weighted by atomic mass is 9.68. The second-order valence-corrected chi connectivity index (χ2v) is 29.8. The molecule has 12 rings (SSSR count). The monoisotopic (exact) mass is 1300 g/mol. The molecule has 0 unspecified atom stereocenters. The Morgan fingerprint density at radius 3 is 1.41 bits per heavy atom. The number of sulfonamides is 2. The van der Waals surface area contributed by atoms with Crippen LogP contribution in [0.15, 0.2) is 82.8 Å². The number of hydrogen-bond acceptors (Lipinski definition) is 16. The number of benzene rings is 2. The molecule has 23 heteroatoms. The minimum Gasteiger partial charge on any atom is -0.476 e.